The molecule has 0 saturated carbocycles. The molecule has 0 radical (unpaired) electrons. The molecule has 0 amide bonds. The Balaban J connectivity index is 2.42. The summed E-state index contributed by atoms with van der Waals surface area (Å²) in [5.74, 6) is 0. The highest BCUT2D eigenvalue weighted by Gasteiger charge is 2.00. The van der Waals surface area contributed by atoms with Gasteiger partial charge in [0.1, 0.15) is 0 Å². The summed E-state index contributed by atoms with van der Waals surface area (Å²) in [4.78, 5) is 0. The van der Waals surface area contributed by atoms with Crippen molar-refractivity contribution in [2.45, 2.75) is 25.7 Å². The van der Waals surface area contributed by atoms with Gasteiger partial charge in [0.05, 0.1) is 0 Å². The molecule has 0 aliphatic heterocycles. The Morgan fingerprint density at radius 2 is 1.86 bits per heavy atom. The standard InChI is InChI=1S/C11H13BrCl2/c12-7-3-1-2-4-9-5-6-10(13)8-11(9)14/h5-6,8H,1-4,7H2. The van der Waals surface area contributed by atoms with E-state index >= 15 is 0 Å². The number of hydrogen-bond acceptors (Lipinski definition) is 0. The van der Waals surface area contributed by atoms with Crippen molar-refractivity contribution in [2.75, 3.05) is 5.33 Å². The molecule has 0 heterocycles. The fourth-order valence-electron chi connectivity index (χ4n) is 1.31. The maximum atomic E-state index is 6.05. The molecule has 0 atom stereocenters. The van der Waals surface area contributed by atoms with E-state index in [1.54, 1.807) is 0 Å². The summed E-state index contributed by atoms with van der Waals surface area (Å²) < 4.78 is 0. The summed E-state index contributed by atoms with van der Waals surface area (Å²) in [5, 5.41) is 2.58. The average molecular weight is 296 g/mol. The van der Waals surface area contributed by atoms with Crippen LogP contribution in [-0.2, 0) is 6.42 Å². The smallest absolute Gasteiger partial charge is 0.0452 e. The van der Waals surface area contributed by atoms with Crippen LogP contribution in [0.1, 0.15) is 24.8 Å². The molecule has 1 aromatic carbocycles. The molecule has 14 heavy (non-hydrogen) atoms. The van der Waals surface area contributed by atoms with E-state index in [0.29, 0.717) is 5.02 Å². The van der Waals surface area contributed by atoms with Crippen LogP contribution in [0, 0.1) is 0 Å². The van der Waals surface area contributed by atoms with Crippen LogP contribution in [0.25, 0.3) is 0 Å². The van der Waals surface area contributed by atoms with E-state index < -0.39 is 0 Å². The largest absolute Gasteiger partial charge is 0.0928 e. The van der Waals surface area contributed by atoms with Crippen LogP contribution in [0.2, 0.25) is 10.0 Å². The van der Waals surface area contributed by atoms with Crippen molar-refractivity contribution in [1.29, 1.82) is 0 Å². The van der Waals surface area contributed by atoms with E-state index in [9.17, 15) is 0 Å². The molecule has 0 aromatic heterocycles. The highest BCUT2D eigenvalue weighted by Crippen LogP contribution is 2.22. The predicted molar refractivity (Wildman–Crippen MR) is 67.8 cm³/mol. The number of unbranched alkanes of at least 4 members (excludes halogenated alkanes) is 2. The van der Waals surface area contributed by atoms with Crippen molar-refractivity contribution >= 4 is 39.1 Å². The van der Waals surface area contributed by atoms with Crippen LogP contribution in [0.5, 0.6) is 0 Å². The molecule has 0 N–H and O–H groups in total. The van der Waals surface area contributed by atoms with E-state index in [4.69, 9.17) is 23.2 Å². The molecule has 0 aliphatic carbocycles. The van der Waals surface area contributed by atoms with Crippen molar-refractivity contribution in [3.8, 4) is 0 Å². The quantitative estimate of drug-likeness (QED) is 0.523. The first-order valence-corrected chi connectivity index (χ1v) is 6.61. The zero-order valence-electron chi connectivity index (χ0n) is 7.90. The third kappa shape index (κ3) is 4.20. The van der Waals surface area contributed by atoms with Crippen LogP contribution in [0.15, 0.2) is 18.2 Å². The minimum atomic E-state index is 0.708. The van der Waals surface area contributed by atoms with Gasteiger partial charge in [0.15, 0.2) is 0 Å². The van der Waals surface area contributed by atoms with Gasteiger partial charge < -0.3 is 0 Å². The zero-order chi connectivity index (χ0) is 10.4. The Bertz CT molecular complexity index is 287. The van der Waals surface area contributed by atoms with Crippen LogP contribution in [0.3, 0.4) is 0 Å². The molecule has 0 fully saturated rings. The molecule has 1 rings (SSSR count). The average Bonchev–Trinajstić information content (AvgIpc) is 2.15. The molecule has 0 unspecified atom stereocenters. The molecule has 0 aliphatic rings. The van der Waals surface area contributed by atoms with Crippen LogP contribution in [-0.4, -0.2) is 5.33 Å². The molecule has 78 valence electrons. The van der Waals surface area contributed by atoms with Crippen molar-refractivity contribution in [3.63, 3.8) is 0 Å². The molecule has 0 nitrogen and oxygen atoms in total. The number of benzene rings is 1. The number of alkyl halides is 1. The molecule has 0 bridgehead atoms. The van der Waals surface area contributed by atoms with Gasteiger partial charge in [-0.2, -0.15) is 0 Å². The van der Waals surface area contributed by atoms with Crippen molar-refractivity contribution in [3.05, 3.63) is 33.8 Å². The van der Waals surface area contributed by atoms with Gasteiger partial charge >= 0.3 is 0 Å². The van der Waals surface area contributed by atoms with Crippen LogP contribution in [0.4, 0.5) is 0 Å². The van der Waals surface area contributed by atoms with E-state index in [2.05, 4.69) is 15.9 Å². The Morgan fingerprint density at radius 3 is 2.50 bits per heavy atom. The number of halogens is 3. The number of hydrogen-bond donors (Lipinski definition) is 0. The first kappa shape index (κ1) is 12.4. The lowest BCUT2D eigenvalue weighted by Gasteiger charge is -2.03. The van der Waals surface area contributed by atoms with Gasteiger partial charge in [-0.15, -0.1) is 0 Å². The Kier molecular flexibility index (Phi) is 5.92. The lowest BCUT2D eigenvalue weighted by Crippen LogP contribution is -1.87. The molecule has 3 heteroatoms. The highest BCUT2D eigenvalue weighted by molar-refractivity contribution is 9.09. The normalized spacial score (nSPS) is 10.5. The minimum Gasteiger partial charge on any atom is -0.0928 e. The number of aryl methyl sites for hydroxylation is 1. The first-order valence-electron chi connectivity index (χ1n) is 4.74. The fraction of sp³-hybridized carbons (Fsp3) is 0.455. The lowest BCUT2D eigenvalue weighted by atomic mass is 10.1. The van der Waals surface area contributed by atoms with Gasteiger partial charge in [0.25, 0.3) is 0 Å². The van der Waals surface area contributed by atoms with Gasteiger partial charge in [0.2, 0.25) is 0 Å². The minimum absolute atomic E-state index is 0.708. The van der Waals surface area contributed by atoms with E-state index in [0.717, 1.165) is 16.8 Å². The van der Waals surface area contributed by atoms with Gasteiger partial charge in [-0.3, -0.25) is 0 Å². The van der Waals surface area contributed by atoms with E-state index in [-0.39, 0.29) is 0 Å². The second kappa shape index (κ2) is 6.71. The second-order valence-corrected chi connectivity index (χ2v) is 4.87. The van der Waals surface area contributed by atoms with Crippen molar-refractivity contribution < 1.29 is 0 Å². The van der Waals surface area contributed by atoms with Crippen LogP contribution < -0.4 is 0 Å². The van der Waals surface area contributed by atoms with Gasteiger partial charge in [0, 0.05) is 15.4 Å². The summed E-state index contributed by atoms with van der Waals surface area (Å²) in [6, 6.07) is 5.72. The fourth-order valence-corrected chi connectivity index (χ4v) is 2.21. The summed E-state index contributed by atoms with van der Waals surface area (Å²) in [6.07, 6.45) is 4.70. The molecular formula is C11H13BrCl2. The number of rotatable bonds is 5. The van der Waals surface area contributed by atoms with Crippen molar-refractivity contribution in [1.82, 2.24) is 0 Å². The summed E-state index contributed by atoms with van der Waals surface area (Å²) in [5.41, 5.74) is 1.20. The molecule has 0 saturated heterocycles. The predicted octanol–water partition coefficient (Wildman–Crippen LogP) is 5.10. The molecule has 1 aromatic rings. The summed E-state index contributed by atoms with van der Waals surface area (Å²) in [6.45, 7) is 0. The second-order valence-electron chi connectivity index (χ2n) is 3.24. The van der Waals surface area contributed by atoms with E-state index in [1.165, 1.54) is 24.8 Å². The van der Waals surface area contributed by atoms with Gasteiger partial charge in [-0.05, 0) is 37.0 Å². The maximum absolute atomic E-state index is 6.05. The Morgan fingerprint density at radius 1 is 1.07 bits per heavy atom. The zero-order valence-corrected chi connectivity index (χ0v) is 11.0. The topological polar surface area (TPSA) is 0 Å². The highest BCUT2D eigenvalue weighted by atomic mass is 79.9. The first-order chi connectivity index (χ1) is 6.74. The van der Waals surface area contributed by atoms with Gasteiger partial charge in [-0.25, -0.2) is 0 Å². The van der Waals surface area contributed by atoms with E-state index in [1.807, 2.05) is 18.2 Å². The molecule has 0 spiro atoms. The third-order valence-electron chi connectivity index (χ3n) is 2.09. The monoisotopic (exact) mass is 294 g/mol. The maximum Gasteiger partial charge on any atom is 0.0452 e. The van der Waals surface area contributed by atoms with Crippen LogP contribution >= 0.6 is 39.1 Å². The van der Waals surface area contributed by atoms with Gasteiger partial charge in [-0.1, -0.05) is 51.6 Å². The SMILES string of the molecule is Clc1ccc(CCCCCBr)c(Cl)c1. The lowest BCUT2D eigenvalue weighted by molar-refractivity contribution is 0.724. The third-order valence-corrected chi connectivity index (χ3v) is 3.24. The summed E-state index contributed by atoms with van der Waals surface area (Å²) in [7, 11) is 0. The molecular weight excluding hydrogens is 283 g/mol. The Labute approximate surface area is 104 Å². The summed E-state index contributed by atoms with van der Waals surface area (Å²) >= 11 is 15.3. The van der Waals surface area contributed by atoms with Crippen molar-refractivity contribution in [2.24, 2.45) is 0 Å². The Hall–Kier alpha value is 0.280.